The van der Waals surface area contributed by atoms with Crippen LogP contribution in [0.25, 0.3) is 0 Å². The molecule has 0 aromatic carbocycles. The van der Waals surface area contributed by atoms with Crippen molar-refractivity contribution >= 4 is 34.8 Å². The number of hydrogen-bond acceptors (Lipinski definition) is 2. The third-order valence-electron chi connectivity index (χ3n) is 1.04. The first kappa shape index (κ1) is 11.8. The lowest BCUT2D eigenvalue weighted by Crippen LogP contribution is -2.41. The van der Waals surface area contributed by atoms with Crippen molar-refractivity contribution in [1.82, 2.24) is 0 Å². The van der Waals surface area contributed by atoms with Crippen LogP contribution in [0.1, 0.15) is 20.3 Å². The maximum atomic E-state index is 9.26. The van der Waals surface area contributed by atoms with Gasteiger partial charge in [-0.25, -0.2) is 0 Å². The lowest BCUT2D eigenvalue weighted by Gasteiger charge is -2.29. The van der Waals surface area contributed by atoms with Gasteiger partial charge in [0.25, 0.3) is 5.25 Å². The summed E-state index contributed by atoms with van der Waals surface area (Å²) in [6, 6.07) is 0. The Morgan fingerprint density at radius 2 is 1.82 bits per heavy atom. The van der Waals surface area contributed by atoms with Crippen molar-refractivity contribution in [2.45, 2.75) is 29.8 Å². The van der Waals surface area contributed by atoms with Gasteiger partial charge in [-0.15, -0.1) is 0 Å². The number of alkyl halides is 3. The Balaban J connectivity index is 4.00. The SMILES string of the molecule is CCCOC(O)(Cl)C(C)(Cl)Cl. The maximum absolute atomic E-state index is 9.26. The summed E-state index contributed by atoms with van der Waals surface area (Å²) < 4.78 is 3.29. The van der Waals surface area contributed by atoms with Crippen LogP contribution in [0, 0.1) is 0 Å². The molecule has 11 heavy (non-hydrogen) atoms. The fourth-order valence-corrected chi connectivity index (χ4v) is 0.550. The fraction of sp³-hybridized carbons (Fsp3) is 1.00. The fourth-order valence-electron chi connectivity index (χ4n) is 0.364. The molecule has 0 amide bonds. The summed E-state index contributed by atoms with van der Waals surface area (Å²) in [5, 5.41) is 7.25. The molecule has 2 nitrogen and oxygen atoms in total. The van der Waals surface area contributed by atoms with Crippen molar-refractivity contribution in [3.05, 3.63) is 0 Å². The molecule has 0 heterocycles. The highest BCUT2D eigenvalue weighted by Gasteiger charge is 2.44. The molecule has 0 aromatic rings. The van der Waals surface area contributed by atoms with Gasteiger partial charge in [0.2, 0.25) is 0 Å². The molecule has 0 radical (unpaired) electrons. The maximum Gasteiger partial charge on any atom is 0.280 e. The van der Waals surface area contributed by atoms with Crippen LogP contribution < -0.4 is 0 Å². The molecule has 0 spiro atoms. The molecule has 1 atom stereocenters. The van der Waals surface area contributed by atoms with E-state index >= 15 is 0 Å². The van der Waals surface area contributed by atoms with E-state index < -0.39 is 9.58 Å². The smallest absolute Gasteiger partial charge is 0.280 e. The van der Waals surface area contributed by atoms with E-state index in [1.807, 2.05) is 6.92 Å². The van der Waals surface area contributed by atoms with Gasteiger partial charge in [-0.1, -0.05) is 41.7 Å². The number of aliphatic hydroxyl groups is 1. The van der Waals surface area contributed by atoms with E-state index in [1.165, 1.54) is 6.92 Å². The second-order valence-corrected chi connectivity index (χ2v) is 4.52. The molecule has 68 valence electrons. The predicted molar refractivity (Wildman–Crippen MR) is 47.2 cm³/mol. The zero-order chi connectivity index (χ0) is 9.12. The number of rotatable bonds is 4. The van der Waals surface area contributed by atoms with Crippen LogP contribution in [0.2, 0.25) is 0 Å². The van der Waals surface area contributed by atoms with Gasteiger partial charge in [0.1, 0.15) is 0 Å². The van der Waals surface area contributed by atoms with Crippen molar-refractivity contribution in [2.75, 3.05) is 6.61 Å². The first-order valence-electron chi connectivity index (χ1n) is 3.24. The number of hydrogen-bond donors (Lipinski definition) is 1. The predicted octanol–water partition coefficient (Wildman–Crippen LogP) is 2.49. The molecule has 0 aliphatic rings. The van der Waals surface area contributed by atoms with Crippen molar-refractivity contribution < 1.29 is 9.84 Å². The van der Waals surface area contributed by atoms with Crippen molar-refractivity contribution in [3.8, 4) is 0 Å². The van der Waals surface area contributed by atoms with Gasteiger partial charge in [-0.3, -0.25) is 0 Å². The van der Waals surface area contributed by atoms with Crippen LogP contribution in [0.3, 0.4) is 0 Å². The topological polar surface area (TPSA) is 29.5 Å². The third-order valence-corrected chi connectivity index (χ3v) is 2.23. The minimum absolute atomic E-state index is 0.315. The van der Waals surface area contributed by atoms with Crippen LogP contribution in [0.4, 0.5) is 0 Å². The molecule has 1 unspecified atom stereocenters. The van der Waals surface area contributed by atoms with Crippen LogP contribution in [-0.2, 0) is 4.74 Å². The van der Waals surface area contributed by atoms with Gasteiger partial charge >= 0.3 is 0 Å². The number of halogens is 3. The molecule has 0 aliphatic heterocycles. The lowest BCUT2D eigenvalue weighted by atomic mass is 10.4. The molecule has 0 fully saturated rings. The first-order valence-corrected chi connectivity index (χ1v) is 4.37. The van der Waals surface area contributed by atoms with E-state index in [0.29, 0.717) is 6.61 Å². The van der Waals surface area contributed by atoms with E-state index in [4.69, 9.17) is 39.5 Å². The molecule has 0 bridgehead atoms. The highest BCUT2D eigenvalue weighted by Crippen LogP contribution is 2.37. The molecular formula is C6H11Cl3O2. The summed E-state index contributed by atoms with van der Waals surface area (Å²) >= 11 is 16.5. The van der Waals surface area contributed by atoms with E-state index in [-0.39, 0.29) is 0 Å². The summed E-state index contributed by atoms with van der Waals surface area (Å²) in [5.41, 5.74) is 0. The van der Waals surface area contributed by atoms with Crippen molar-refractivity contribution in [2.24, 2.45) is 0 Å². The quantitative estimate of drug-likeness (QED) is 0.584. The van der Waals surface area contributed by atoms with Gasteiger partial charge in [0.15, 0.2) is 4.33 Å². The summed E-state index contributed by atoms with van der Waals surface area (Å²) in [7, 11) is 0. The molecule has 5 heteroatoms. The molecule has 0 saturated carbocycles. The lowest BCUT2D eigenvalue weighted by molar-refractivity contribution is -0.144. The van der Waals surface area contributed by atoms with Gasteiger partial charge in [-0.05, 0) is 13.3 Å². The summed E-state index contributed by atoms with van der Waals surface area (Å²) in [4.78, 5) is 0. The minimum atomic E-state index is -2.01. The summed E-state index contributed by atoms with van der Waals surface area (Å²) in [5.74, 6) is 0. The van der Waals surface area contributed by atoms with Gasteiger partial charge < -0.3 is 9.84 Å². The van der Waals surface area contributed by atoms with Crippen molar-refractivity contribution in [3.63, 3.8) is 0 Å². The molecule has 0 saturated heterocycles. The second-order valence-electron chi connectivity index (χ2n) is 2.30. The van der Waals surface area contributed by atoms with Gasteiger partial charge in [0, 0.05) is 0 Å². The van der Waals surface area contributed by atoms with Crippen LogP contribution in [0.5, 0.6) is 0 Å². The Morgan fingerprint density at radius 1 is 1.36 bits per heavy atom. The Kier molecular flexibility index (Phi) is 4.45. The average Bonchev–Trinajstić information content (AvgIpc) is 1.81. The summed E-state index contributed by atoms with van der Waals surface area (Å²) in [6.07, 6.45) is 0.735. The highest BCUT2D eigenvalue weighted by molar-refractivity contribution is 6.52. The van der Waals surface area contributed by atoms with E-state index in [2.05, 4.69) is 0 Å². The van der Waals surface area contributed by atoms with Crippen LogP contribution in [0.15, 0.2) is 0 Å². The summed E-state index contributed by atoms with van der Waals surface area (Å²) in [6.45, 7) is 3.56. The first-order chi connectivity index (χ1) is 4.81. The van der Waals surface area contributed by atoms with Crippen molar-refractivity contribution in [1.29, 1.82) is 0 Å². The van der Waals surface area contributed by atoms with Crippen LogP contribution in [-0.4, -0.2) is 21.3 Å². The largest absolute Gasteiger partial charge is 0.351 e. The highest BCUT2D eigenvalue weighted by atomic mass is 35.5. The van der Waals surface area contributed by atoms with Crippen LogP contribution >= 0.6 is 34.8 Å². The standard InChI is InChI=1S/C6H11Cl3O2/c1-3-4-11-6(9,10)5(2,7)8/h10H,3-4H2,1-2H3. The van der Waals surface area contributed by atoms with E-state index in [0.717, 1.165) is 6.42 Å². The monoisotopic (exact) mass is 220 g/mol. The minimum Gasteiger partial charge on any atom is -0.351 e. The molecular weight excluding hydrogens is 210 g/mol. The Labute approximate surface area is 81.4 Å². The Morgan fingerprint density at radius 3 is 2.09 bits per heavy atom. The Hall–Kier alpha value is 0.790. The number of ether oxygens (including phenoxy) is 1. The normalized spacial score (nSPS) is 18.0. The molecule has 0 rings (SSSR count). The third kappa shape index (κ3) is 3.81. The van der Waals surface area contributed by atoms with E-state index in [1.54, 1.807) is 0 Å². The zero-order valence-corrected chi connectivity index (χ0v) is 8.67. The molecule has 0 aromatic heterocycles. The Bertz CT molecular complexity index is 119. The zero-order valence-electron chi connectivity index (χ0n) is 6.40. The van der Waals surface area contributed by atoms with Gasteiger partial charge in [0.05, 0.1) is 6.61 Å². The molecule has 0 aliphatic carbocycles. The second kappa shape index (κ2) is 4.15. The average molecular weight is 222 g/mol. The molecule has 1 N–H and O–H groups in total. The van der Waals surface area contributed by atoms with E-state index in [9.17, 15) is 5.11 Å². The van der Waals surface area contributed by atoms with Gasteiger partial charge in [-0.2, -0.15) is 0 Å².